The van der Waals surface area contributed by atoms with Gasteiger partial charge in [0.15, 0.2) is 5.65 Å². The van der Waals surface area contributed by atoms with Crippen LogP contribution in [-0.4, -0.2) is 15.2 Å². The third kappa shape index (κ3) is 1.73. The van der Waals surface area contributed by atoms with Crippen LogP contribution in [0.5, 0.6) is 0 Å². The topological polar surface area (TPSA) is 41.6 Å². The van der Waals surface area contributed by atoms with Crippen LogP contribution in [-0.2, 0) is 0 Å². The molecule has 0 saturated heterocycles. The fourth-order valence-electron chi connectivity index (χ4n) is 1.13. The molecule has 0 spiro atoms. The Kier molecular flexibility index (Phi) is 3.17. The smallest absolute Gasteiger partial charge is 0.181 e. The van der Waals surface area contributed by atoms with Crippen LogP contribution in [0.25, 0.3) is 11.0 Å². The van der Waals surface area contributed by atoms with Gasteiger partial charge in [-0.25, -0.2) is 9.37 Å². The van der Waals surface area contributed by atoms with Gasteiger partial charge < -0.3 is 0 Å². The van der Waals surface area contributed by atoms with Gasteiger partial charge in [-0.2, -0.15) is 5.10 Å². The molecule has 76 valence electrons. The molecule has 4 heteroatoms. The van der Waals surface area contributed by atoms with Gasteiger partial charge in [0.25, 0.3) is 0 Å². The minimum absolute atomic E-state index is 0.285. The maximum absolute atomic E-state index is 13.0. The molecule has 1 N–H and O–H groups in total. The SMILES string of the molecule is CC.Cc1nc2n[nH]c(C)c2cc1F. The zero-order valence-corrected chi connectivity index (χ0v) is 8.85. The molecule has 0 amide bonds. The van der Waals surface area contributed by atoms with Crippen molar-refractivity contribution in [2.45, 2.75) is 27.7 Å². The lowest BCUT2D eigenvalue weighted by atomic mass is 10.2. The maximum atomic E-state index is 13.0. The van der Waals surface area contributed by atoms with Crippen molar-refractivity contribution in [3.05, 3.63) is 23.3 Å². The van der Waals surface area contributed by atoms with Crippen molar-refractivity contribution >= 4 is 11.0 Å². The standard InChI is InChI=1S/C8H8FN3.C2H6/c1-4-6-3-7(9)5(2)10-8(6)12-11-4;1-2/h3H,1-2H3,(H,10,11,12);1-2H3. The van der Waals surface area contributed by atoms with Crippen molar-refractivity contribution in [1.29, 1.82) is 0 Å². The van der Waals surface area contributed by atoms with Gasteiger partial charge in [-0.3, -0.25) is 5.10 Å². The first-order valence-corrected chi connectivity index (χ1v) is 4.66. The molecule has 0 fully saturated rings. The molecule has 0 unspecified atom stereocenters. The number of fused-ring (bicyclic) bond motifs is 1. The van der Waals surface area contributed by atoms with Gasteiger partial charge in [-0.05, 0) is 19.9 Å². The van der Waals surface area contributed by atoms with Gasteiger partial charge in [0, 0.05) is 11.1 Å². The van der Waals surface area contributed by atoms with E-state index in [1.807, 2.05) is 20.8 Å². The Bertz CT molecular complexity index is 434. The third-order valence-electron chi connectivity index (χ3n) is 1.86. The van der Waals surface area contributed by atoms with Crippen LogP contribution in [0.4, 0.5) is 4.39 Å². The number of rotatable bonds is 0. The normalized spacial score (nSPS) is 9.79. The zero-order valence-electron chi connectivity index (χ0n) is 8.85. The first-order chi connectivity index (χ1) is 6.68. The van der Waals surface area contributed by atoms with Crippen LogP contribution >= 0.6 is 0 Å². The molecule has 0 aromatic carbocycles. The molecular weight excluding hydrogens is 181 g/mol. The number of aromatic nitrogens is 3. The van der Waals surface area contributed by atoms with Crippen molar-refractivity contribution < 1.29 is 4.39 Å². The van der Waals surface area contributed by atoms with Crippen LogP contribution in [0.2, 0.25) is 0 Å². The van der Waals surface area contributed by atoms with Crippen molar-refractivity contribution in [2.75, 3.05) is 0 Å². The van der Waals surface area contributed by atoms with E-state index < -0.39 is 0 Å². The molecule has 2 aromatic rings. The van der Waals surface area contributed by atoms with E-state index in [1.54, 1.807) is 6.92 Å². The fraction of sp³-hybridized carbons (Fsp3) is 0.400. The Labute approximate surface area is 82.4 Å². The minimum Gasteiger partial charge on any atom is -0.280 e. The third-order valence-corrected chi connectivity index (χ3v) is 1.86. The summed E-state index contributed by atoms with van der Waals surface area (Å²) in [6.45, 7) is 7.46. The largest absolute Gasteiger partial charge is 0.280 e. The Hall–Kier alpha value is -1.45. The monoisotopic (exact) mass is 195 g/mol. The molecule has 0 aliphatic rings. The van der Waals surface area contributed by atoms with E-state index >= 15 is 0 Å². The summed E-state index contributed by atoms with van der Waals surface area (Å²) < 4.78 is 13.0. The molecule has 0 aliphatic carbocycles. The summed E-state index contributed by atoms with van der Waals surface area (Å²) in [5.74, 6) is -0.285. The minimum atomic E-state index is -0.285. The number of nitrogens with zero attached hydrogens (tertiary/aromatic N) is 2. The van der Waals surface area contributed by atoms with Gasteiger partial charge in [0.2, 0.25) is 0 Å². The Morgan fingerprint density at radius 2 is 1.93 bits per heavy atom. The Morgan fingerprint density at radius 3 is 2.57 bits per heavy atom. The first-order valence-electron chi connectivity index (χ1n) is 4.66. The number of nitrogens with one attached hydrogen (secondary N) is 1. The number of hydrogen-bond acceptors (Lipinski definition) is 2. The van der Waals surface area contributed by atoms with E-state index in [0.29, 0.717) is 11.3 Å². The van der Waals surface area contributed by atoms with E-state index in [-0.39, 0.29) is 5.82 Å². The lowest BCUT2D eigenvalue weighted by molar-refractivity contribution is 0.613. The molecular formula is C10H14FN3. The number of aryl methyl sites for hydroxylation is 2. The molecule has 0 radical (unpaired) electrons. The van der Waals surface area contributed by atoms with Gasteiger partial charge >= 0.3 is 0 Å². The molecule has 3 nitrogen and oxygen atoms in total. The van der Waals surface area contributed by atoms with E-state index in [1.165, 1.54) is 6.07 Å². The van der Waals surface area contributed by atoms with Crippen LogP contribution in [0.15, 0.2) is 6.07 Å². The van der Waals surface area contributed by atoms with Crippen molar-refractivity contribution in [1.82, 2.24) is 15.2 Å². The molecule has 0 atom stereocenters. The number of halogens is 1. The summed E-state index contributed by atoms with van der Waals surface area (Å²) >= 11 is 0. The second-order valence-corrected chi connectivity index (χ2v) is 2.78. The average molecular weight is 195 g/mol. The number of hydrogen-bond donors (Lipinski definition) is 1. The average Bonchev–Trinajstić information content (AvgIpc) is 2.53. The second-order valence-electron chi connectivity index (χ2n) is 2.78. The van der Waals surface area contributed by atoms with Gasteiger partial charge in [-0.15, -0.1) is 0 Å². The van der Waals surface area contributed by atoms with Crippen LogP contribution in [0, 0.1) is 19.7 Å². The summed E-state index contributed by atoms with van der Waals surface area (Å²) in [4.78, 5) is 3.98. The van der Waals surface area contributed by atoms with E-state index in [9.17, 15) is 4.39 Å². The van der Waals surface area contributed by atoms with Gasteiger partial charge in [0.05, 0.1) is 5.69 Å². The highest BCUT2D eigenvalue weighted by Crippen LogP contribution is 2.15. The van der Waals surface area contributed by atoms with E-state index in [2.05, 4.69) is 15.2 Å². The summed E-state index contributed by atoms with van der Waals surface area (Å²) in [6, 6.07) is 1.45. The lowest BCUT2D eigenvalue weighted by Crippen LogP contribution is -1.87. The number of pyridine rings is 1. The molecule has 2 aromatic heterocycles. The summed E-state index contributed by atoms with van der Waals surface area (Å²) in [6.07, 6.45) is 0. The van der Waals surface area contributed by atoms with Crippen LogP contribution < -0.4 is 0 Å². The lowest BCUT2D eigenvalue weighted by Gasteiger charge is -1.93. The van der Waals surface area contributed by atoms with E-state index in [4.69, 9.17) is 0 Å². The highest BCUT2D eigenvalue weighted by molar-refractivity contribution is 5.77. The highest BCUT2D eigenvalue weighted by atomic mass is 19.1. The predicted molar refractivity (Wildman–Crippen MR) is 54.7 cm³/mol. The molecule has 0 bridgehead atoms. The van der Waals surface area contributed by atoms with E-state index in [0.717, 1.165) is 11.1 Å². The number of aromatic amines is 1. The zero-order chi connectivity index (χ0) is 10.7. The quantitative estimate of drug-likeness (QED) is 0.702. The molecule has 2 heterocycles. The molecule has 2 rings (SSSR count). The highest BCUT2D eigenvalue weighted by Gasteiger charge is 2.06. The predicted octanol–water partition coefficient (Wildman–Crippen LogP) is 2.74. The number of H-pyrrole nitrogens is 1. The van der Waals surface area contributed by atoms with Crippen LogP contribution in [0.3, 0.4) is 0 Å². The molecule has 14 heavy (non-hydrogen) atoms. The summed E-state index contributed by atoms with van der Waals surface area (Å²) in [5, 5.41) is 7.42. The Morgan fingerprint density at radius 1 is 1.29 bits per heavy atom. The fourth-order valence-corrected chi connectivity index (χ4v) is 1.13. The molecule has 0 aliphatic heterocycles. The van der Waals surface area contributed by atoms with Gasteiger partial charge in [-0.1, -0.05) is 13.8 Å². The first kappa shape index (κ1) is 10.6. The van der Waals surface area contributed by atoms with Gasteiger partial charge in [0.1, 0.15) is 5.82 Å². The summed E-state index contributed by atoms with van der Waals surface area (Å²) in [7, 11) is 0. The summed E-state index contributed by atoms with van der Waals surface area (Å²) in [5.41, 5.74) is 1.80. The van der Waals surface area contributed by atoms with Crippen molar-refractivity contribution in [3.8, 4) is 0 Å². The van der Waals surface area contributed by atoms with Crippen molar-refractivity contribution in [2.24, 2.45) is 0 Å². The maximum Gasteiger partial charge on any atom is 0.181 e. The van der Waals surface area contributed by atoms with Crippen molar-refractivity contribution in [3.63, 3.8) is 0 Å². The molecule has 0 saturated carbocycles. The van der Waals surface area contributed by atoms with Crippen LogP contribution in [0.1, 0.15) is 25.2 Å². The Balaban J connectivity index is 0.000000461. The second kappa shape index (κ2) is 4.17.